The Hall–Kier alpha value is -3.52. The molecule has 5 rings (SSSR count). The van der Waals surface area contributed by atoms with Gasteiger partial charge in [-0.05, 0) is 54.3 Å². The van der Waals surface area contributed by atoms with E-state index in [0.29, 0.717) is 44.8 Å². The lowest BCUT2D eigenvalue weighted by Crippen LogP contribution is -2.61. The number of halogens is 3. The van der Waals surface area contributed by atoms with Crippen LogP contribution in [-0.2, 0) is 23.8 Å². The first kappa shape index (κ1) is 26.1. The third kappa shape index (κ3) is 6.13. The van der Waals surface area contributed by atoms with Gasteiger partial charge in [-0.15, -0.1) is 0 Å². The van der Waals surface area contributed by atoms with E-state index in [1.807, 2.05) is 60.7 Å². The molecule has 200 valence electrons. The number of amides is 1. The number of anilines is 1. The van der Waals surface area contributed by atoms with Crippen molar-refractivity contribution in [1.82, 2.24) is 10.2 Å². The summed E-state index contributed by atoms with van der Waals surface area (Å²) >= 11 is 0. The fourth-order valence-electron chi connectivity index (χ4n) is 5.48. The van der Waals surface area contributed by atoms with Crippen LogP contribution in [0.15, 0.2) is 78.9 Å². The van der Waals surface area contributed by atoms with Gasteiger partial charge < -0.3 is 15.0 Å². The molecule has 0 saturated carbocycles. The maximum absolute atomic E-state index is 13.5. The van der Waals surface area contributed by atoms with Gasteiger partial charge in [-0.2, -0.15) is 13.2 Å². The summed E-state index contributed by atoms with van der Waals surface area (Å²) in [6.07, 6.45) is -3.44. The summed E-state index contributed by atoms with van der Waals surface area (Å²) in [4.78, 5) is 17.9. The number of alkyl halides is 3. The Morgan fingerprint density at radius 1 is 0.974 bits per heavy atom. The quantitative estimate of drug-likeness (QED) is 0.461. The lowest BCUT2D eigenvalue weighted by atomic mass is 9.82. The van der Waals surface area contributed by atoms with Gasteiger partial charge in [0.25, 0.3) is 0 Å². The molecule has 0 bridgehead atoms. The van der Waals surface area contributed by atoms with Gasteiger partial charge in [0.1, 0.15) is 12.4 Å². The summed E-state index contributed by atoms with van der Waals surface area (Å²) in [5, 5.41) is 3.06. The van der Waals surface area contributed by atoms with Crippen molar-refractivity contribution < 1.29 is 22.7 Å². The molecule has 0 radical (unpaired) electrons. The number of para-hydroxylation sites is 1. The number of hydrogen-bond acceptors (Lipinski definition) is 4. The van der Waals surface area contributed by atoms with Crippen LogP contribution in [-0.4, -0.2) is 56.2 Å². The molecule has 2 aliphatic rings. The van der Waals surface area contributed by atoms with Crippen molar-refractivity contribution in [3.8, 4) is 5.75 Å². The number of carbonyl (C=O) groups excluding carboxylic acids is 1. The summed E-state index contributed by atoms with van der Waals surface area (Å²) in [5.41, 5.74) is 1.84. The van der Waals surface area contributed by atoms with Crippen molar-refractivity contribution in [3.05, 3.63) is 95.6 Å². The largest absolute Gasteiger partial charge is 0.492 e. The van der Waals surface area contributed by atoms with E-state index >= 15 is 0 Å². The predicted octanol–water partition coefficient (Wildman–Crippen LogP) is 4.81. The van der Waals surface area contributed by atoms with E-state index < -0.39 is 17.7 Å². The summed E-state index contributed by atoms with van der Waals surface area (Å²) in [6.45, 7) is 3.75. The van der Waals surface area contributed by atoms with Gasteiger partial charge in [0, 0.05) is 38.4 Å². The molecule has 2 atom stereocenters. The minimum Gasteiger partial charge on any atom is -0.492 e. The molecular formula is C30H32F3N3O2. The standard InChI is InChI=1S/C30H32F3N3O2/c31-30(32,33)24-11-12-27-23(19-24)20-26(29(37)34-14-13-22-7-3-1-4-8-22)28-21-35(15-16-36(27)28)17-18-38-25-9-5-2-6-10-25/h1-12,19,26,28H,13-18,20-21H2,(H,34,37)/t26-,28-/m1/s1. The molecule has 3 aromatic carbocycles. The highest BCUT2D eigenvalue weighted by atomic mass is 19.4. The van der Waals surface area contributed by atoms with Crippen LogP contribution in [0.4, 0.5) is 18.9 Å². The second kappa shape index (κ2) is 11.5. The van der Waals surface area contributed by atoms with Gasteiger partial charge in [-0.3, -0.25) is 9.69 Å². The van der Waals surface area contributed by atoms with E-state index in [2.05, 4.69) is 15.1 Å². The number of benzene rings is 3. The monoisotopic (exact) mass is 523 g/mol. The molecule has 1 saturated heterocycles. The first-order valence-electron chi connectivity index (χ1n) is 13.1. The molecule has 1 N–H and O–H groups in total. The van der Waals surface area contributed by atoms with Crippen LogP contribution in [0.5, 0.6) is 5.75 Å². The van der Waals surface area contributed by atoms with Crippen LogP contribution in [0.2, 0.25) is 0 Å². The van der Waals surface area contributed by atoms with Crippen LogP contribution in [0.1, 0.15) is 16.7 Å². The van der Waals surface area contributed by atoms with E-state index in [4.69, 9.17) is 4.74 Å². The van der Waals surface area contributed by atoms with Crippen molar-refractivity contribution in [2.45, 2.75) is 25.1 Å². The molecule has 2 aliphatic heterocycles. The third-order valence-electron chi connectivity index (χ3n) is 7.44. The SMILES string of the molecule is O=C(NCCc1ccccc1)[C@@H]1Cc2cc(C(F)(F)F)ccc2N2CCN(CCOc3ccccc3)C[C@H]12. The molecule has 3 aromatic rings. The molecule has 1 amide bonds. The van der Waals surface area contributed by atoms with Crippen LogP contribution in [0.25, 0.3) is 0 Å². The van der Waals surface area contributed by atoms with E-state index in [1.165, 1.54) is 6.07 Å². The second-order valence-electron chi connectivity index (χ2n) is 9.90. The Labute approximate surface area is 221 Å². The lowest BCUT2D eigenvalue weighted by Gasteiger charge is -2.49. The number of ether oxygens (including phenoxy) is 1. The predicted molar refractivity (Wildman–Crippen MR) is 141 cm³/mol. The van der Waals surface area contributed by atoms with Gasteiger partial charge >= 0.3 is 6.18 Å². The van der Waals surface area contributed by atoms with Crippen molar-refractivity contribution >= 4 is 11.6 Å². The Balaban J connectivity index is 1.30. The second-order valence-corrected chi connectivity index (χ2v) is 9.90. The summed E-state index contributed by atoms with van der Waals surface area (Å²) in [5.74, 6) is 0.259. The molecule has 5 nitrogen and oxygen atoms in total. The van der Waals surface area contributed by atoms with Crippen LogP contribution < -0.4 is 15.0 Å². The topological polar surface area (TPSA) is 44.8 Å². The van der Waals surface area contributed by atoms with Crippen LogP contribution >= 0.6 is 0 Å². The Bertz CT molecular complexity index is 1220. The fraction of sp³-hybridized carbons (Fsp3) is 0.367. The average molecular weight is 524 g/mol. The van der Waals surface area contributed by atoms with Gasteiger partial charge in [-0.1, -0.05) is 48.5 Å². The molecule has 0 unspecified atom stereocenters. The molecule has 0 aromatic heterocycles. The first-order valence-corrected chi connectivity index (χ1v) is 13.1. The molecular weight excluding hydrogens is 491 g/mol. The van der Waals surface area contributed by atoms with Gasteiger partial charge in [0.2, 0.25) is 5.91 Å². The summed E-state index contributed by atoms with van der Waals surface area (Å²) < 4.78 is 46.2. The maximum atomic E-state index is 13.5. The number of carbonyl (C=O) groups is 1. The van der Waals surface area contributed by atoms with E-state index in [9.17, 15) is 18.0 Å². The average Bonchev–Trinajstić information content (AvgIpc) is 2.93. The lowest BCUT2D eigenvalue weighted by molar-refractivity contribution is -0.137. The van der Waals surface area contributed by atoms with E-state index in [0.717, 1.165) is 29.6 Å². The normalized spacial score (nSPS) is 19.4. The number of fused-ring (bicyclic) bond motifs is 3. The molecule has 2 heterocycles. The smallest absolute Gasteiger partial charge is 0.416 e. The van der Waals surface area contributed by atoms with Gasteiger partial charge in [-0.25, -0.2) is 0 Å². The molecule has 1 fully saturated rings. The Kier molecular flexibility index (Phi) is 7.88. The highest BCUT2D eigenvalue weighted by molar-refractivity contribution is 5.82. The summed E-state index contributed by atoms with van der Waals surface area (Å²) in [7, 11) is 0. The van der Waals surface area contributed by atoms with Crippen LogP contribution in [0.3, 0.4) is 0 Å². The van der Waals surface area contributed by atoms with Gasteiger partial charge in [0.05, 0.1) is 17.5 Å². The number of rotatable bonds is 8. The number of nitrogens with one attached hydrogen (secondary N) is 1. The molecule has 8 heteroatoms. The Morgan fingerprint density at radius 2 is 1.71 bits per heavy atom. The summed E-state index contributed by atoms with van der Waals surface area (Å²) in [6, 6.07) is 23.4. The van der Waals surface area contributed by atoms with E-state index in [1.54, 1.807) is 6.07 Å². The fourth-order valence-corrected chi connectivity index (χ4v) is 5.48. The maximum Gasteiger partial charge on any atom is 0.416 e. The van der Waals surface area contributed by atoms with Crippen molar-refractivity contribution in [1.29, 1.82) is 0 Å². The minimum absolute atomic E-state index is 0.110. The van der Waals surface area contributed by atoms with Crippen molar-refractivity contribution in [3.63, 3.8) is 0 Å². The molecule has 38 heavy (non-hydrogen) atoms. The molecule has 0 aliphatic carbocycles. The van der Waals surface area contributed by atoms with Crippen LogP contribution in [0, 0.1) is 5.92 Å². The van der Waals surface area contributed by atoms with Crippen molar-refractivity contribution in [2.24, 2.45) is 5.92 Å². The Morgan fingerprint density at radius 3 is 2.45 bits per heavy atom. The minimum atomic E-state index is -4.42. The zero-order chi connectivity index (χ0) is 26.5. The van der Waals surface area contributed by atoms with Crippen molar-refractivity contribution in [2.75, 3.05) is 44.2 Å². The zero-order valence-corrected chi connectivity index (χ0v) is 21.2. The third-order valence-corrected chi connectivity index (χ3v) is 7.44. The molecule has 0 spiro atoms. The number of piperazine rings is 1. The highest BCUT2D eigenvalue weighted by Gasteiger charge is 2.42. The van der Waals surface area contributed by atoms with Gasteiger partial charge in [0.15, 0.2) is 0 Å². The highest BCUT2D eigenvalue weighted by Crippen LogP contribution is 2.39. The number of nitrogens with zero attached hydrogens (tertiary/aromatic N) is 2. The zero-order valence-electron chi connectivity index (χ0n) is 21.2. The number of hydrogen-bond donors (Lipinski definition) is 1. The van der Waals surface area contributed by atoms with E-state index in [-0.39, 0.29) is 18.4 Å². The first-order chi connectivity index (χ1) is 18.4.